The molecule has 0 unspecified atom stereocenters. The molecule has 1 atom stereocenters. The molecule has 2 aromatic rings. The van der Waals surface area contributed by atoms with Crippen molar-refractivity contribution in [2.75, 3.05) is 10.2 Å². The van der Waals surface area contributed by atoms with Crippen molar-refractivity contribution in [1.82, 2.24) is 0 Å². The zero-order chi connectivity index (χ0) is 17.4. The summed E-state index contributed by atoms with van der Waals surface area (Å²) < 4.78 is 0. The molecule has 1 aliphatic rings. The Morgan fingerprint density at radius 2 is 1.79 bits per heavy atom. The summed E-state index contributed by atoms with van der Waals surface area (Å²) in [6.45, 7) is 3.97. The van der Waals surface area contributed by atoms with E-state index in [1.807, 2.05) is 32.0 Å². The molecule has 24 heavy (non-hydrogen) atoms. The zero-order valence-electron chi connectivity index (χ0n) is 13.3. The Labute approximate surface area is 150 Å². The summed E-state index contributed by atoms with van der Waals surface area (Å²) >= 11 is 11.9. The van der Waals surface area contributed by atoms with Crippen molar-refractivity contribution in [1.29, 1.82) is 0 Å². The Morgan fingerprint density at radius 3 is 2.46 bits per heavy atom. The van der Waals surface area contributed by atoms with Gasteiger partial charge >= 0.3 is 0 Å². The Kier molecular flexibility index (Phi) is 4.52. The summed E-state index contributed by atoms with van der Waals surface area (Å²) in [5.41, 5.74) is 3.46. The molecule has 0 aromatic heterocycles. The first kappa shape index (κ1) is 16.8. The summed E-state index contributed by atoms with van der Waals surface area (Å²) in [5.74, 6) is -0.556. The standard InChI is InChI=1S/C18H16Cl2N2O2/c1-10-3-6-15(11(2)7-10)21-16-9-17(23)22(18(16)24)12-4-5-13(19)14(20)8-12/h3-8,16,21H,9H2,1-2H3/t16-/m1/s1. The third-order valence-corrected chi connectivity index (χ3v) is 4.76. The van der Waals surface area contributed by atoms with E-state index < -0.39 is 6.04 Å². The molecule has 0 bridgehead atoms. The second kappa shape index (κ2) is 6.46. The van der Waals surface area contributed by atoms with Gasteiger partial charge in [-0.1, -0.05) is 40.9 Å². The molecule has 124 valence electrons. The number of hydrogen-bond acceptors (Lipinski definition) is 3. The first-order chi connectivity index (χ1) is 11.4. The van der Waals surface area contributed by atoms with Gasteiger partial charge in [0.25, 0.3) is 5.91 Å². The van der Waals surface area contributed by atoms with E-state index in [1.54, 1.807) is 12.1 Å². The highest BCUT2D eigenvalue weighted by Gasteiger charge is 2.39. The molecule has 1 saturated heterocycles. The zero-order valence-corrected chi connectivity index (χ0v) is 14.8. The van der Waals surface area contributed by atoms with E-state index in [-0.39, 0.29) is 18.2 Å². The molecule has 3 rings (SSSR count). The van der Waals surface area contributed by atoms with Crippen LogP contribution in [0.15, 0.2) is 36.4 Å². The lowest BCUT2D eigenvalue weighted by molar-refractivity contribution is -0.121. The maximum atomic E-state index is 12.7. The average molecular weight is 363 g/mol. The lowest BCUT2D eigenvalue weighted by Crippen LogP contribution is -2.34. The van der Waals surface area contributed by atoms with E-state index in [2.05, 4.69) is 5.32 Å². The molecule has 1 N–H and O–H groups in total. The highest BCUT2D eigenvalue weighted by atomic mass is 35.5. The van der Waals surface area contributed by atoms with Crippen LogP contribution >= 0.6 is 23.2 Å². The Balaban J connectivity index is 1.84. The highest BCUT2D eigenvalue weighted by molar-refractivity contribution is 6.42. The van der Waals surface area contributed by atoms with Gasteiger partial charge in [-0.25, -0.2) is 4.90 Å². The molecule has 0 aliphatic carbocycles. The van der Waals surface area contributed by atoms with Gasteiger partial charge in [0.15, 0.2) is 0 Å². The molecular weight excluding hydrogens is 347 g/mol. The Hall–Kier alpha value is -2.04. The summed E-state index contributed by atoms with van der Waals surface area (Å²) in [6, 6.07) is 10.0. The number of hydrogen-bond donors (Lipinski definition) is 1. The third-order valence-electron chi connectivity index (χ3n) is 4.02. The molecule has 0 saturated carbocycles. The summed E-state index contributed by atoms with van der Waals surface area (Å²) in [5, 5.41) is 3.86. The van der Waals surface area contributed by atoms with Crippen LogP contribution in [0.1, 0.15) is 17.5 Å². The van der Waals surface area contributed by atoms with E-state index in [0.29, 0.717) is 15.7 Å². The fourth-order valence-electron chi connectivity index (χ4n) is 2.80. The van der Waals surface area contributed by atoms with Crippen LogP contribution in [-0.4, -0.2) is 17.9 Å². The molecule has 1 heterocycles. The lowest BCUT2D eigenvalue weighted by atomic mass is 10.1. The average Bonchev–Trinajstić information content (AvgIpc) is 2.79. The number of halogens is 2. The van der Waals surface area contributed by atoms with Crippen molar-refractivity contribution >= 4 is 46.4 Å². The molecular formula is C18H16Cl2N2O2. The van der Waals surface area contributed by atoms with Gasteiger partial charge in [-0.3, -0.25) is 9.59 Å². The number of nitrogens with zero attached hydrogens (tertiary/aromatic N) is 1. The minimum absolute atomic E-state index is 0.104. The number of anilines is 2. The highest BCUT2D eigenvalue weighted by Crippen LogP contribution is 2.31. The first-order valence-corrected chi connectivity index (χ1v) is 8.28. The maximum absolute atomic E-state index is 12.7. The fourth-order valence-corrected chi connectivity index (χ4v) is 3.10. The van der Waals surface area contributed by atoms with Gasteiger partial charge in [0.05, 0.1) is 22.2 Å². The normalized spacial score (nSPS) is 17.5. The van der Waals surface area contributed by atoms with Gasteiger partial charge in [-0.15, -0.1) is 0 Å². The number of carbonyl (C=O) groups is 2. The lowest BCUT2D eigenvalue weighted by Gasteiger charge is -2.17. The number of aryl methyl sites for hydroxylation is 2. The molecule has 1 fully saturated rings. The van der Waals surface area contributed by atoms with Gasteiger partial charge in [0, 0.05) is 5.69 Å². The summed E-state index contributed by atoms with van der Waals surface area (Å²) in [4.78, 5) is 26.1. The minimum Gasteiger partial charge on any atom is -0.373 e. The van der Waals surface area contributed by atoms with E-state index in [4.69, 9.17) is 23.2 Å². The van der Waals surface area contributed by atoms with Crippen molar-refractivity contribution in [3.05, 3.63) is 57.6 Å². The number of nitrogens with one attached hydrogen (secondary N) is 1. The van der Waals surface area contributed by atoms with E-state index >= 15 is 0 Å². The molecule has 0 radical (unpaired) electrons. The van der Waals surface area contributed by atoms with Crippen LogP contribution < -0.4 is 10.2 Å². The van der Waals surface area contributed by atoms with Crippen LogP contribution in [0.2, 0.25) is 10.0 Å². The van der Waals surface area contributed by atoms with Gasteiger partial charge in [-0.2, -0.15) is 0 Å². The van der Waals surface area contributed by atoms with Gasteiger partial charge in [-0.05, 0) is 43.7 Å². The first-order valence-electron chi connectivity index (χ1n) is 7.52. The monoisotopic (exact) mass is 362 g/mol. The fraction of sp³-hybridized carbons (Fsp3) is 0.222. The van der Waals surface area contributed by atoms with Gasteiger partial charge in [0.1, 0.15) is 6.04 Å². The predicted octanol–water partition coefficient (Wildman–Crippen LogP) is 4.35. The number of carbonyl (C=O) groups excluding carboxylic acids is 2. The molecule has 1 aliphatic heterocycles. The molecule has 2 aromatic carbocycles. The second-order valence-corrected chi connectivity index (χ2v) is 6.70. The van der Waals surface area contributed by atoms with Crippen molar-refractivity contribution in [3.8, 4) is 0 Å². The van der Waals surface area contributed by atoms with Crippen molar-refractivity contribution in [2.24, 2.45) is 0 Å². The Bertz CT molecular complexity index is 836. The predicted molar refractivity (Wildman–Crippen MR) is 96.9 cm³/mol. The second-order valence-electron chi connectivity index (χ2n) is 5.89. The topological polar surface area (TPSA) is 49.4 Å². The minimum atomic E-state index is -0.589. The summed E-state index contributed by atoms with van der Waals surface area (Å²) in [6.07, 6.45) is 0.104. The number of rotatable bonds is 3. The number of imide groups is 1. The van der Waals surface area contributed by atoms with Crippen LogP contribution in [0.4, 0.5) is 11.4 Å². The smallest absolute Gasteiger partial charge is 0.256 e. The van der Waals surface area contributed by atoms with E-state index in [0.717, 1.165) is 21.7 Å². The van der Waals surface area contributed by atoms with Crippen LogP contribution in [0, 0.1) is 13.8 Å². The molecule has 6 heteroatoms. The Morgan fingerprint density at radius 1 is 1.04 bits per heavy atom. The molecule has 0 spiro atoms. The molecule has 4 nitrogen and oxygen atoms in total. The molecule has 2 amide bonds. The van der Waals surface area contributed by atoms with Crippen LogP contribution in [0.25, 0.3) is 0 Å². The van der Waals surface area contributed by atoms with Crippen LogP contribution in [-0.2, 0) is 9.59 Å². The van der Waals surface area contributed by atoms with Crippen molar-refractivity contribution in [3.63, 3.8) is 0 Å². The van der Waals surface area contributed by atoms with Crippen LogP contribution in [0.3, 0.4) is 0 Å². The largest absolute Gasteiger partial charge is 0.373 e. The van der Waals surface area contributed by atoms with Gasteiger partial charge in [0.2, 0.25) is 5.91 Å². The van der Waals surface area contributed by atoms with Gasteiger partial charge < -0.3 is 5.32 Å². The number of benzene rings is 2. The third kappa shape index (κ3) is 3.12. The van der Waals surface area contributed by atoms with Crippen molar-refractivity contribution < 1.29 is 9.59 Å². The SMILES string of the molecule is Cc1ccc(N[C@@H]2CC(=O)N(c3ccc(Cl)c(Cl)c3)C2=O)c(C)c1. The van der Waals surface area contributed by atoms with E-state index in [9.17, 15) is 9.59 Å². The van der Waals surface area contributed by atoms with Crippen LogP contribution in [0.5, 0.6) is 0 Å². The number of amides is 2. The quantitative estimate of drug-likeness (QED) is 0.825. The van der Waals surface area contributed by atoms with E-state index in [1.165, 1.54) is 6.07 Å². The summed E-state index contributed by atoms with van der Waals surface area (Å²) in [7, 11) is 0. The maximum Gasteiger partial charge on any atom is 0.256 e. The van der Waals surface area contributed by atoms with Crippen molar-refractivity contribution in [2.45, 2.75) is 26.3 Å².